The van der Waals surface area contributed by atoms with Gasteiger partial charge in [0.05, 0.1) is 0 Å². The fraction of sp³-hybridized carbons (Fsp3) is 0.400. The Balaban J connectivity index is 1.95. The van der Waals surface area contributed by atoms with Gasteiger partial charge in [0.2, 0.25) is 0 Å². The first-order valence-corrected chi connectivity index (χ1v) is 7.58. The maximum absolute atomic E-state index is 5.85. The van der Waals surface area contributed by atoms with Gasteiger partial charge in [-0.2, -0.15) is 0 Å². The van der Waals surface area contributed by atoms with Crippen LogP contribution in [-0.2, 0) is 0 Å². The van der Waals surface area contributed by atoms with Crippen molar-refractivity contribution >= 4 is 32.5 Å². The minimum Gasteiger partial charge on any atom is -0.367 e. The number of anilines is 1. The van der Waals surface area contributed by atoms with Crippen molar-refractivity contribution in [2.75, 3.05) is 11.9 Å². The number of nitrogens with two attached hydrogens (primary N) is 1. The van der Waals surface area contributed by atoms with Crippen LogP contribution >= 0.6 is 15.9 Å². The van der Waals surface area contributed by atoms with Crippen molar-refractivity contribution in [1.82, 2.24) is 4.98 Å². The third-order valence-electron chi connectivity index (χ3n) is 4.04. The Bertz CT molecular complexity index is 585. The second-order valence-electron chi connectivity index (χ2n) is 5.17. The van der Waals surface area contributed by atoms with Crippen LogP contribution in [0.15, 0.2) is 34.9 Å². The molecule has 1 aliphatic carbocycles. The van der Waals surface area contributed by atoms with Gasteiger partial charge in [-0.05, 0) is 37.4 Å². The predicted octanol–water partition coefficient (Wildman–Crippen LogP) is 3.54. The van der Waals surface area contributed by atoms with Gasteiger partial charge in [-0.1, -0.05) is 34.5 Å². The third-order valence-corrected chi connectivity index (χ3v) is 4.73. The minimum absolute atomic E-state index is 0.460. The number of halogens is 1. The van der Waals surface area contributed by atoms with Gasteiger partial charge in [0.15, 0.2) is 0 Å². The van der Waals surface area contributed by atoms with E-state index in [1.54, 1.807) is 0 Å². The van der Waals surface area contributed by atoms with Crippen LogP contribution in [0.3, 0.4) is 0 Å². The zero-order chi connectivity index (χ0) is 13.2. The number of pyridine rings is 1. The van der Waals surface area contributed by atoms with E-state index in [2.05, 4.69) is 38.4 Å². The van der Waals surface area contributed by atoms with Gasteiger partial charge in [0.1, 0.15) is 5.82 Å². The average Bonchev–Trinajstić information content (AvgIpc) is 2.87. The van der Waals surface area contributed by atoms with Crippen LogP contribution in [0.1, 0.15) is 19.3 Å². The van der Waals surface area contributed by atoms with Crippen LogP contribution in [0.25, 0.3) is 10.8 Å². The Morgan fingerprint density at radius 3 is 3.00 bits per heavy atom. The summed E-state index contributed by atoms with van der Waals surface area (Å²) < 4.78 is 1.11. The molecule has 0 saturated heterocycles. The van der Waals surface area contributed by atoms with Gasteiger partial charge in [-0.3, -0.25) is 0 Å². The lowest BCUT2D eigenvalue weighted by Gasteiger charge is -2.21. The molecule has 0 aliphatic heterocycles. The number of hydrogen-bond acceptors (Lipinski definition) is 3. The molecule has 100 valence electrons. The Morgan fingerprint density at radius 2 is 2.16 bits per heavy atom. The first kappa shape index (κ1) is 12.9. The van der Waals surface area contributed by atoms with Gasteiger partial charge in [0, 0.05) is 27.5 Å². The number of nitrogens with one attached hydrogen (secondary N) is 1. The Hall–Kier alpha value is -1.13. The average molecular weight is 320 g/mol. The number of rotatable bonds is 3. The van der Waals surface area contributed by atoms with Gasteiger partial charge >= 0.3 is 0 Å². The van der Waals surface area contributed by atoms with Gasteiger partial charge < -0.3 is 11.1 Å². The SMILES string of the molecule is NCC1CCCC1Nc1nccc2c(Br)cccc12. The fourth-order valence-corrected chi connectivity index (χ4v) is 3.47. The maximum Gasteiger partial charge on any atom is 0.134 e. The predicted molar refractivity (Wildman–Crippen MR) is 83.2 cm³/mol. The maximum atomic E-state index is 5.85. The van der Waals surface area contributed by atoms with E-state index in [0.717, 1.165) is 16.8 Å². The van der Waals surface area contributed by atoms with Crippen molar-refractivity contribution in [2.45, 2.75) is 25.3 Å². The van der Waals surface area contributed by atoms with Crippen LogP contribution in [0.5, 0.6) is 0 Å². The molecule has 1 aromatic heterocycles. The second kappa shape index (κ2) is 5.47. The molecule has 0 radical (unpaired) electrons. The number of benzene rings is 1. The lowest BCUT2D eigenvalue weighted by Crippen LogP contribution is -2.29. The van der Waals surface area contributed by atoms with Gasteiger partial charge in [-0.15, -0.1) is 0 Å². The smallest absolute Gasteiger partial charge is 0.134 e. The summed E-state index contributed by atoms with van der Waals surface area (Å²) in [5.41, 5.74) is 5.85. The largest absolute Gasteiger partial charge is 0.367 e. The summed E-state index contributed by atoms with van der Waals surface area (Å²) in [5.74, 6) is 1.55. The molecule has 1 heterocycles. The standard InChI is InChI=1S/C15H18BrN3/c16-13-5-2-4-12-11(13)7-8-18-15(12)19-14-6-1-3-10(14)9-17/h2,4-5,7-8,10,14H,1,3,6,9,17H2,(H,18,19). The summed E-state index contributed by atoms with van der Waals surface area (Å²) in [4.78, 5) is 4.51. The molecule has 3 nitrogen and oxygen atoms in total. The van der Waals surface area contributed by atoms with Crippen LogP contribution < -0.4 is 11.1 Å². The summed E-state index contributed by atoms with van der Waals surface area (Å²) in [5, 5.41) is 5.96. The normalized spacial score (nSPS) is 22.8. The molecule has 3 N–H and O–H groups in total. The number of nitrogens with zero attached hydrogens (tertiary/aromatic N) is 1. The van der Waals surface area contributed by atoms with Gasteiger partial charge in [-0.25, -0.2) is 4.98 Å². The molecule has 3 rings (SSSR count). The number of fused-ring (bicyclic) bond motifs is 1. The summed E-state index contributed by atoms with van der Waals surface area (Å²) in [6, 6.07) is 8.72. The molecule has 1 saturated carbocycles. The molecule has 2 aromatic rings. The minimum atomic E-state index is 0.460. The summed E-state index contributed by atoms with van der Waals surface area (Å²) in [6.45, 7) is 0.756. The Morgan fingerprint density at radius 1 is 1.26 bits per heavy atom. The monoisotopic (exact) mass is 319 g/mol. The fourth-order valence-electron chi connectivity index (χ4n) is 2.97. The van der Waals surface area contributed by atoms with Gasteiger partial charge in [0.25, 0.3) is 0 Å². The molecule has 1 aromatic carbocycles. The van der Waals surface area contributed by atoms with Crippen LogP contribution in [0, 0.1) is 5.92 Å². The molecule has 1 aliphatic rings. The molecule has 0 spiro atoms. The highest BCUT2D eigenvalue weighted by molar-refractivity contribution is 9.10. The van der Waals surface area contributed by atoms with Crippen molar-refractivity contribution in [1.29, 1.82) is 0 Å². The molecule has 2 atom stereocenters. The first-order valence-electron chi connectivity index (χ1n) is 6.79. The highest BCUT2D eigenvalue weighted by Gasteiger charge is 2.26. The topological polar surface area (TPSA) is 50.9 Å². The molecular weight excluding hydrogens is 302 g/mol. The van der Waals surface area contributed by atoms with E-state index < -0.39 is 0 Å². The lowest BCUT2D eigenvalue weighted by atomic mass is 10.0. The van der Waals surface area contributed by atoms with Crippen molar-refractivity contribution in [3.63, 3.8) is 0 Å². The van der Waals surface area contributed by atoms with E-state index in [1.807, 2.05) is 18.3 Å². The Labute approximate surface area is 121 Å². The molecule has 2 unspecified atom stereocenters. The van der Waals surface area contributed by atoms with E-state index in [9.17, 15) is 0 Å². The highest BCUT2D eigenvalue weighted by Crippen LogP contribution is 2.31. The van der Waals surface area contributed by atoms with Crippen molar-refractivity contribution in [3.05, 3.63) is 34.9 Å². The molecular formula is C15H18BrN3. The van der Waals surface area contributed by atoms with E-state index >= 15 is 0 Å². The lowest BCUT2D eigenvalue weighted by molar-refractivity contribution is 0.516. The zero-order valence-electron chi connectivity index (χ0n) is 10.8. The van der Waals surface area contributed by atoms with E-state index in [4.69, 9.17) is 5.73 Å². The molecule has 4 heteroatoms. The van der Waals surface area contributed by atoms with E-state index in [1.165, 1.54) is 30.0 Å². The molecule has 1 fully saturated rings. The molecule has 0 amide bonds. The van der Waals surface area contributed by atoms with Crippen molar-refractivity contribution in [3.8, 4) is 0 Å². The number of hydrogen-bond donors (Lipinski definition) is 2. The zero-order valence-corrected chi connectivity index (χ0v) is 12.4. The van der Waals surface area contributed by atoms with Crippen LogP contribution in [0.2, 0.25) is 0 Å². The summed E-state index contributed by atoms with van der Waals surface area (Å²) in [7, 11) is 0. The van der Waals surface area contributed by atoms with Crippen molar-refractivity contribution in [2.24, 2.45) is 11.7 Å². The first-order chi connectivity index (χ1) is 9.29. The van der Waals surface area contributed by atoms with Crippen LogP contribution in [0.4, 0.5) is 5.82 Å². The van der Waals surface area contributed by atoms with Crippen LogP contribution in [-0.4, -0.2) is 17.6 Å². The number of aromatic nitrogens is 1. The summed E-state index contributed by atoms with van der Waals surface area (Å²) in [6.07, 6.45) is 5.53. The highest BCUT2D eigenvalue weighted by atomic mass is 79.9. The second-order valence-corrected chi connectivity index (χ2v) is 6.03. The van der Waals surface area contributed by atoms with E-state index in [0.29, 0.717) is 12.0 Å². The molecule has 19 heavy (non-hydrogen) atoms. The van der Waals surface area contributed by atoms with E-state index in [-0.39, 0.29) is 0 Å². The van der Waals surface area contributed by atoms with Crippen molar-refractivity contribution < 1.29 is 0 Å². The molecule has 0 bridgehead atoms. The third kappa shape index (κ3) is 2.47. The summed E-state index contributed by atoms with van der Waals surface area (Å²) >= 11 is 3.59. The quantitative estimate of drug-likeness (QED) is 0.909. The Kier molecular flexibility index (Phi) is 3.71.